The minimum atomic E-state index is -0.844. The van der Waals surface area contributed by atoms with Crippen LogP contribution in [0.5, 0.6) is 0 Å². The van der Waals surface area contributed by atoms with E-state index in [1.165, 1.54) is 22.3 Å². The Hall–Kier alpha value is -0.880. The number of carbonyl (C=O) groups is 1. The third-order valence-corrected chi connectivity index (χ3v) is 3.75. The molecule has 1 aliphatic heterocycles. The van der Waals surface area contributed by atoms with Gasteiger partial charge in [-0.3, -0.25) is 4.79 Å². The van der Waals surface area contributed by atoms with Crippen LogP contribution < -0.4 is 0 Å². The van der Waals surface area contributed by atoms with Gasteiger partial charge in [-0.05, 0) is 18.2 Å². The van der Waals surface area contributed by atoms with Gasteiger partial charge in [-0.2, -0.15) is 0 Å². The summed E-state index contributed by atoms with van der Waals surface area (Å²) in [4.78, 5) is 14.0. The summed E-state index contributed by atoms with van der Waals surface area (Å²) in [6, 6.07) is 3.59. The van der Waals surface area contributed by atoms with Crippen LogP contribution in [0.4, 0.5) is 0 Å². The number of nitrogens with zero attached hydrogens (tertiary/aromatic N) is 1. The summed E-state index contributed by atoms with van der Waals surface area (Å²) in [6.45, 7) is 0.352. The highest BCUT2D eigenvalue weighted by atomic mass is 35.5. The van der Waals surface area contributed by atoms with Crippen LogP contribution in [-0.2, 0) is 4.79 Å². The molecule has 2 rings (SSSR count). The molecule has 0 aromatic carbocycles. The molecule has 92 valence electrons. The zero-order chi connectivity index (χ0) is 12.4. The van der Waals surface area contributed by atoms with Gasteiger partial charge in [0.05, 0.1) is 16.5 Å². The van der Waals surface area contributed by atoms with Crippen LogP contribution in [0, 0.1) is 0 Å². The number of thiophene rings is 1. The van der Waals surface area contributed by atoms with Crippen molar-refractivity contribution >= 4 is 34.9 Å². The Morgan fingerprint density at radius 1 is 1.41 bits per heavy atom. The number of aliphatic hydroxyl groups excluding tert-OH is 2. The minimum Gasteiger partial charge on any atom is -0.388 e. The lowest BCUT2D eigenvalue weighted by Crippen LogP contribution is -2.27. The van der Waals surface area contributed by atoms with Gasteiger partial charge in [-0.15, -0.1) is 11.3 Å². The maximum atomic E-state index is 11.7. The second-order valence-corrected chi connectivity index (χ2v) is 5.60. The number of carbonyl (C=O) groups excluding carboxylic acids is 1. The highest BCUT2D eigenvalue weighted by Gasteiger charge is 2.31. The topological polar surface area (TPSA) is 60.8 Å². The minimum absolute atomic E-state index is 0.176. The molecule has 1 aromatic heterocycles. The average molecular weight is 274 g/mol. The average Bonchev–Trinajstić information content (AvgIpc) is 2.83. The fourth-order valence-corrected chi connectivity index (χ4v) is 2.59. The van der Waals surface area contributed by atoms with E-state index in [9.17, 15) is 15.0 Å². The van der Waals surface area contributed by atoms with Crippen molar-refractivity contribution in [3.8, 4) is 0 Å². The van der Waals surface area contributed by atoms with Crippen LogP contribution in [-0.4, -0.2) is 46.3 Å². The Morgan fingerprint density at radius 3 is 2.59 bits per heavy atom. The first-order valence-electron chi connectivity index (χ1n) is 5.15. The van der Waals surface area contributed by atoms with Crippen molar-refractivity contribution in [3.05, 3.63) is 27.4 Å². The van der Waals surface area contributed by atoms with Crippen molar-refractivity contribution in [1.82, 2.24) is 4.90 Å². The van der Waals surface area contributed by atoms with E-state index >= 15 is 0 Å². The van der Waals surface area contributed by atoms with Gasteiger partial charge in [0.25, 0.3) is 0 Å². The third kappa shape index (κ3) is 3.07. The van der Waals surface area contributed by atoms with E-state index in [1.54, 1.807) is 12.1 Å². The molecule has 4 nitrogen and oxygen atoms in total. The Bertz CT molecular complexity index is 436. The molecule has 2 unspecified atom stereocenters. The maximum Gasteiger partial charge on any atom is 0.246 e. The molecule has 1 aliphatic rings. The molecule has 2 atom stereocenters. The van der Waals surface area contributed by atoms with Crippen molar-refractivity contribution in [3.63, 3.8) is 0 Å². The molecule has 0 radical (unpaired) electrons. The summed E-state index contributed by atoms with van der Waals surface area (Å²) in [7, 11) is 0. The lowest BCUT2D eigenvalue weighted by atomic mass is 10.3. The van der Waals surface area contributed by atoms with Gasteiger partial charge in [0.15, 0.2) is 0 Å². The molecule has 2 N–H and O–H groups in total. The summed E-state index contributed by atoms with van der Waals surface area (Å²) in [5.74, 6) is -0.217. The predicted molar refractivity (Wildman–Crippen MR) is 67.0 cm³/mol. The molecule has 0 saturated carbocycles. The normalized spacial score (nSPS) is 24.8. The van der Waals surface area contributed by atoms with E-state index in [2.05, 4.69) is 0 Å². The first kappa shape index (κ1) is 12.6. The number of hydrogen-bond acceptors (Lipinski definition) is 4. The molecule has 1 amide bonds. The molecular weight excluding hydrogens is 262 g/mol. The van der Waals surface area contributed by atoms with E-state index < -0.39 is 12.2 Å². The Labute approximate surface area is 108 Å². The van der Waals surface area contributed by atoms with Crippen LogP contribution in [0.25, 0.3) is 6.08 Å². The summed E-state index contributed by atoms with van der Waals surface area (Å²) >= 11 is 7.15. The van der Waals surface area contributed by atoms with E-state index in [1.807, 2.05) is 6.07 Å². The van der Waals surface area contributed by atoms with E-state index in [4.69, 9.17) is 11.6 Å². The van der Waals surface area contributed by atoms with Gasteiger partial charge >= 0.3 is 0 Å². The lowest BCUT2D eigenvalue weighted by Gasteiger charge is -2.11. The van der Waals surface area contributed by atoms with Crippen LogP contribution in [0.2, 0.25) is 4.34 Å². The van der Waals surface area contributed by atoms with E-state index in [0.717, 1.165) is 4.88 Å². The van der Waals surface area contributed by atoms with Crippen molar-refractivity contribution in [1.29, 1.82) is 0 Å². The smallest absolute Gasteiger partial charge is 0.246 e. The Balaban J connectivity index is 1.96. The summed E-state index contributed by atoms with van der Waals surface area (Å²) in [5.41, 5.74) is 0. The molecule has 0 aliphatic carbocycles. The summed E-state index contributed by atoms with van der Waals surface area (Å²) in [6.07, 6.45) is 1.41. The van der Waals surface area contributed by atoms with Crippen LogP contribution >= 0.6 is 22.9 Å². The van der Waals surface area contributed by atoms with Gasteiger partial charge in [-0.1, -0.05) is 11.6 Å². The van der Waals surface area contributed by atoms with E-state index in [0.29, 0.717) is 4.34 Å². The first-order valence-corrected chi connectivity index (χ1v) is 6.34. The Morgan fingerprint density at radius 2 is 2.06 bits per heavy atom. The number of amides is 1. The molecule has 1 aromatic rings. The summed E-state index contributed by atoms with van der Waals surface area (Å²) < 4.78 is 0.670. The molecule has 17 heavy (non-hydrogen) atoms. The standard InChI is InChI=1S/C11H12ClNO3S/c12-10-3-1-7(17-10)2-4-11(16)13-5-8(14)9(15)6-13/h1-4,8-9,14-15H,5-6H2/b4-2+. The largest absolute Gasteiger partial charge is 0.388 e. The second kappa shape index (κ2) is 5.18. The van der Waals surface area contributed by atoms with Gasteiger partial charge in [0.1, 0.15) is 0 Å². The summed E-state index contributed by atoms with van der Waals surface area (Å²) in [5, 5.41) is 18.6. The van der Waals surface area contributed by atoms with Crippen molar-refractivity contribution in [2.24, 2.45) is 0 Å². The molecule has 2 heterocycles. The van der Waals surface area contributed by atoms with Crippen molar-refractivity contribution in [2.45, 2.75) is 12.2 Å². The second-order valence-electron chi connectivity index (χ2n) is 3.85. The van der Waals surface area contributed by atoms with Crippen LogP contribution in [0.3, 0.4) is 0 Å². The van der Waals surface area contributed by atoms with Crippen LogP contribution in [0.1, 0.15) is 4.88 Å². The van der Waals surface area contributed by atoms with Gasteiger partial charge < -0.3 is 15.1 Å². The van der Waals surface area contributed by atoms with Crippen molar-refractivity contribution < 1.29 is 15.0 Å². The molecule has 0 spiro atoms. The number of aliphatic hydroxyl groups is 2. The number of hydrogen-bond donors (Lipinski definition) is 2. The highest BCUT2D eigenvalue weighted by molar-refractivity contribution is 7.17. The first-order chi connectivity index (χ1) is 8.06. The van der Waals surface area contributed by atoms with Gasteiger partial charge in [0, 0.05) is 24.0 Å². The SMILES string of the molecule is O=C(/C=C/c1ccc(Cl)s1)N1CC(O)C(O)C1. The number of rotatable bonds is 2. The van der Waals surface area contributed by atoms with Gasteiger partial charge in [0.2, 0.25) is 5.91 Å². The number of halogens is 1. The fourth-order valence-electron chi connectivity index (χ4n) is 1.63. The molecule has 6 heteroatoms. The van der Waals surface area contributed by atoms with E-state index in [-0.39, 0.29) is 19.0 Å². The number of likely N-dealkylation sites (tertiary alicyclic amines) is 1. The molecule has 1 fully saturated rings. The Kier molecular flexibility index (Phi) is 3.83. The quantitative estimate of drug-likeness (QED) is 0.790. The molecule has 0 bridgehead atoms. The van der Waals surface area contributed by atoms with Crippen molar-refractivity contribution in [2.75, 3.05) is 13.1 Å². The maximum absolute atomic E-state index is 11.7. The highest BCUT2D eigenvalue weighted by Crippen LogP contribution is 2.22. The van der Waals surface area contributed by atoms with Crippen LogP contribution in [0.15, 0.2) is 18.2 Å². The third-order valence-electron chi connectivity index (χ3n) is 2.55. The molecule has 1 saturated heterocycles. The monoisotopic (exact) mass is 273 g/mol. The molecular formula is C11H12ClNO3S. The predicted octanol–water partition coefficient (Wildman–Crippen LogP) is 0.979. The lowest BCUT2D eigenvalue weighted by molar-refractivity contribution is -0.125. The number of β-amino-alcohol motifs (C(OH)–C–C–N with tert-alkyl or cyclic N) is 2. The fraction of sp³-hybridized carbons (Fsp3) is 0.364. The zero-order valence-corrected chi connectivity index (χ0v) is 10.5. The van der Waals surface area contributed by atoms with Gasteiger partial charge in [-0.25, -0.2) is 0 Å². The zero-order valence-electron chi connectivity index (χ0n) is 8.91.